The number of Topliss-reactive ketones (excluding diaryl/α,β-unsaturated/α-hetero) is 1. The van der Waals surface area contributed by atoms with E-state index in [1.54, 1.807) is 0 Å². The van der Waals surface area contributed by atoms with Gasteiger partial charge in [-0.2, -0.15) is 0 Å². The molecule has 0 bridgehead atoms. The van der Waals surface area contributed by atoms with E-state index in [0.717, 1.165) is 62.4 Å². The zero-order valence-electron chi connectivity index (χ0n) is 18.3. The van der Waals surface area contributed by atoms with E-state index in [1.807, 2.05) is 29.2 Å². The molecule has 2 aromatic carbocycles. The predicted octanol–water partition coefficient (Wildman–Crippen LogP) is 5.09. The molecule has 0 unspecified atom stereocenters. The first kappa shape index (κ1) is 22.0. The maximum absolute atomic E-state index is 12.8. The molecule has 5 heteroatoms. The summed E-state index contributed by atoms with van der Waals surface area (Å²) in [7, 11) is 2.12. The number of nitrogens with zero attached hydrogens (tertiary/aromatic N) is 2. The fourth-order valence-corrected chi connectivity index (χ4v) is 4.95. The zero-order valence-corrected chi connectivity index (χ0v) is 19.0. The average molecular weight is 439 g/mol. The van der Waals surface area contributed by atoms with Crippen molar-refractivity contribution in [1.29, 1.82) is 0 Å². The van der Waals surface area contributed by atoms with Crippen molar-refractivity contribution in [2.45, 2.75) is 51.0 Å². The lowest BCUT2D eigenvalue weighted by Crippen LogP contribution is -2.38. The minimum Gasteiger partial charge on any atom is -0.343 e. The van der Waals surface area contributed by atoms with E-state index < -0.39 is 0 Å². The average Bonchev–Trinajstić information content (AvgIpc) is 2.97. The molecular weight excluding hydrogens is 408 g/mol. The number of hydrogen-bond acceptors (Lipinski definition) is 3. The SMILES string of the molecule is CN1CCCc2ccc(C(=O)CCC(=O)N3CCC(c4ccc(Cl)cc4)CC3)cc2C1. The monoisotopic (exact) mass is 438 g/mol. The number of fused-ring (bicyclic) bond motifs is 1. The summed E-state index contributed by atoms with van der Waals surface area (Å²) in [6, 6.07) is 14.1. The summed E-state index contributed by atoms with van der Waals surface area (Å²) >= 11 is 5.99. The number of carbonyl (C=O) groups is 2. The third-order valence-electron chi connectivity index (χ3n) is 6.71. The van der Waals surface area contributed by atoms with Crippen LogP contribution in [0.5, 0.6) is 0 Å². The summed E-state index contributed by atoms with van der Waals surface area (Å²) in [6.07, 6.45) is 4.71. The normalized spacial score (nSPS) is 17.8. The number of hydrogen-bond donors (Lipinski definition) is 0. The molecule has 4 rings (SSSR count). The Balaban J connectivity index is 1.28. The third-order valence-corrected chi connectivity index (χ3v) is 6.96. The zero-order chi connectivity index (χ0) is 21.8. The van der Waals surface area contributed by atoms with Crippen LogP contribution in [-0.4, -0.2) is 48.2 Å². The van der Waals surface area contributed by atoms with Crippen LogP contribution in [0.3, 0.4) is 0 Å². The predicted molar refractivity (Wildman–Crippen MR) is 125 cm³/mol. The molecule has 31 heavy (non-hydrogen) atoms. The van der Waals surface area contributed by atoms with Crippen LogP contribution in [0.2, 0.25) is 5.02 Å². The summed E-state index contributed by atoms with van der Waals surface area (Å²) in [6.45, 7) is 3.48. The van der Waals surface area contributed by atoms with Gasteiger partial charge in [0, 0.05) is 43.1 Å². The molecule has 4 nitrogen and oxygen atoms in total. The van der Waals surface area contributed by atoms with E-state index in [9.17, 15) is 9.59 Å². The van der Waals surface area contributed by atoms with Crippen molar-refractivity contribution in [2.24, 2.45) is 0 Å². The molecule has 2 aromatic rings. The highest BCUT2D eigenvalue weighted by Gasteiger charge is 2.24. The molecule has 0 N–H and O–H groups in total. The number of likely N-dealkylation sites (tertiary alicyclic amines) is 1. The number of aryl methyl sites for hydroxylation is 1. The van der Waals surface area contributed by atoms with Crippen LogP contribution in [0.4, 0.5) is 0 Å². The lowest BCUT2D eigenvalue weighted by Gasteiger charge is -2.32. The number of amides is 1. The fraction of sp³-hybridized carbons (Fsp3) is 0.462. The van der Waals surface area contributed by atoms with Crippen LogP contribution >= 0.6 is 11.6 Å². The molecule has 2 heterocycles. The highest BCUT2D eigenvalue weighted by Crippen LogP contribution is 2.29. The van der Waals surface area contributed by atoms with Crippen LogP contribution < -0.4 is 0 Å². The van der Waals surface area contributed by atoms with E-state index in [1.165, 1.54) is 16.7 Å². The molecule has 2 aliphatic heterocycles. The standard InChI is InChI=1S/C26H31ClN2O2/c1-28-14-2-3-19-4-5-22(17-23(19)18-28)25(30)10-11-26(31)29-15-12-21(13-16-29)20-6-8-24(27)9-7-20/h4-9,17,21H,2-3,10-16,18H2,1H3. The van der Waals surface area contributed by atoms with Crippen molar-refractivity contribution < 1.29 is 9.59 Å². The highest BCUT2D eigenvalue weighted by molar-refractivity contribution is 6.30. The number of carbonyl (C=O) groups excluding carboxylic acids is 2. The van der Waals surface area contributed by atoms with Crippen molar-refractivity contribution in [1.82, 2.24) is 9.80 Å². The number of piperidine rings is 1. The smallest absolute Gasteiger partial charge is 0.223 e. The maximum Gasteiger partial charge on any atom is 0.223 e. The Kier molecular flexibility index (Phi) is 7.09. The van der Waals surface area contributed by atoms with Crippen molar-refractivity contribution in [3.8, 4) is 0 Å². The van der Waals surface area contributed by atoms with Gasteiger partial charge in [-0.1, -0.05) is 35.9 Å². The first-order valence-electron chi connectivity index (χ1n) is 11.4. The van der Waals surface area contributed by atoms with Gasteiger partial charge in [0.25, 0.3) is 0 Å². The van der Waals surface area contributed by atoms with Crippen molar-refractivity contribution in [2.75, 3.05) is 26.7 Å². The second kappa shape index (κ2) is 9.97. The Morgan fingerprint density at radius 1 is 0.968 bits per heavy atom. The van der Waals surface area contributed by atoms with Gasteiger partial charge in [-0.15, -0.1) is 0 Å². The lowest BCUT2D eigenvalue weighted by molar-refractivity contribution is -0.132. The first-order chi connectivity index (χ1) is 15.0. The number of rotatable bonds is 5. The third kappa shape index (κ3) is 5.55. The van der Waals surface area contributed by atoms with Crippen molar-refractivity contribution in [3.05, 3.63) is 69.7 Å². The topological polar surface area (TPSA) is 40.6 Å². The Morgan fingerprint density at radius 3 is 2.45 bits per heavy atom. The van der Waals surface area contributed by atoms with Crippen LogP contribution in [0.1, 0.15) is 65.1 Å². The Labute approximate surface area is 190 Å². The Hall–Kier alpha value is -2.17. The highest BCUT2D eigenvalue weighted by atomic mass is 35.5. The minimum absolute atomic E-state index is 0.0686. The second-order valence-electron chi connectivity index (χ2n) is 8.95. The molecule has 2 aliphatic rings. The van der Waals surface area contributed by atoms with Crippen molar-refractivity contribution >= 4 is 23.3 Å². The Bertz CT molecular complexity index is 933. The molecular formula is C26H31ClN2O2. The van der Waals surface area contributed by atoms with Crippen LogP contribution in [0, 0.1) is 0 Å². The van der Waals surface area contributed by atoms with Crippen LogP contribution in [0.25, 0.3) is 0 Å². The molecule has 0 aromatic heterocycles. The molecule has 1 fully saturated rings. The largest absolute Gasteiger partial charge is 0.343 e. The van der Waals surface area contributed by atoms with E-state index in [-0.39, 0.29) is 18.1 Å². The van der Waals surface area contributed by atoms with Crippen LogP contribution in [-0.2, 0) is 17.8 Å². The number of halogens is 1. The van der Waals surface area contributed by atoms with Gasteiger partial charge in [-0.3, -0.25) is 9.59 Å². The lowest BCUT2D eigenvalue weighted by atomic mass is 9.89. The van der Waals surface area contributed by atoms with Gasteiger partial charge < -0.3 is 9.80 Å². The van der Waals surface area contributed by atoms with E-state index in [2.05, 4.69) is 30.1 Å². The van der Waals surface area contributed by atoms with E-state index in [0.29, 0.717) is 12.3 Å². The molecule has 0 aliphatic carbocycles. The first-order valence-corrected chi connectivity index (χ1v) is 11.7. The molecule has 1 amide bonds. The summed E-state index contributed by atoms with van der Waals surface area (Å²) in [5.41, 5.74) is 4.63. The molecule has 0 saturated carbocycles. The van der Waals surface area contributed by atoms with Gasteiger partial charge in [-0.25, -0.2) is 0 Å². The summed E-state index contributed by atoms with van der Waals surface area (Å²) in [5, 5.41) is 0.752. The van der Waals surface area contributed by atoms with Gasteiger partial charge in [0.05, 0.1) is 0 Å². The maximum atomic E-state index is 12.8. The number of ketones is 1. The summed E-state index contributed by atoms with van der Waals surface area (Å²) in [5.74, 6) is 0.636. The minimum atomic E-state index is 0.0686. The molecule has 0 radical (unpaired) electrons. The van der Waals surface area contributed by atoms with Gasteiger partial charge in [-0.05, 0) is 80.1 Å². The number of benzene rings is 2. The summed E-state index contributed by atoms with van der Waals surface area (Å²) in [4.78, 5) is 29.7. The van der Waals surface area contributed by atoms with Gasteiger partial charge >= 0.3 is 0 Å². The fourth-order valence-electron chi connectivity index (χ4n) is 4.82. The molecule has 0 atom stereocenters. The van der Waals surface area contributed by atoms with E-state index >= 15 is 0 Å². The summed E-state index contributed by atoms with van der Waals surface area (Å²) < 4.78 is 0. The van der Waals surface area contributed by atoms with Crippen LogP contribution in [0.15, 0.2) is 42.5 Å². The van der Waals surface area contributed by atoms with Gasteiger partial charge in [0.2, 0.25) is 5.91 Å². The molecule has 164 valence electrons. The van der Waals surface area contributed by atoms with Gasteiger partial charge in [0.15, 0.2) is 5.78 Å². The van der Waals surface area contributed by atoms with Crippen molar-refractivity contribution in [3.63, 3.8) is 0 Å². The molecule has 1 saturated heterocycles. The second-order valence-corrected chi connectivity index (χ2v) is 9.39. The Morgan fingerprint density at radius 2 is 1.71 bits per heavy atom. The molecule has 0 spiro atoms. The quantitative estimate of drug-likeness (QED) is 0.610. The van der Waals surface area contributed by atoms with E-state index in [4.69, 9.17) is 11.6 Å². The van der Waals surface area contributed by atoms with Gasteiger partial charge in [0.1, 0.15) is 0 Å².